The fraction of sp³-hybridized carbons (Fsp3) is 0.645. The van der Waals surface area contributed by atoms with Crippen molar-refractivity contribution in [3.8, 4) is 23.0 Å². The molecule has 11 heteroatoms. The van der Waals surface area contributed by atoms with Crippen molar-refractivity contribution in [1.82, 2.24) is 21.3 Å². The summed E-state index contributed by atoms with van der Waals surface area (Å²) < 4.78 is 22.2. The number of methoxy groups -OCH3 is 4. The molecular weight excluding hydrogens is 540 g/mol. The van der Waals surface area contributed by atoms with Gasteiger partial charge in [0.25, 0.3) is 0 Å². The Hall–Kier alpha value is -3.63. The van der Waals surface area contributed by atoms with Crippen molar-refractivity contribution in [3.63, 3.8) is 0 Å². The van der Waals surface area contributed by atoms with Crippen molar-refractivity contribution in [2.75, 3.05) is 41.5 Å². The molecule has 4 amide bonds. The molecular formula is C31H50N4O7. The van der Waals surface area contributed by atoms with Gasteiger partial charge in [-0.1, -0.05) is 25.7 Å². The predicted molar refractivity (Wildman–Crippen MR) is 164 cm³/mol. The minimum Gasteiger partial charge on any atom is -0.492 e. The van der Waals surface area contributed by atoms with Gasteiger partial charge in [0.05, 0.1) is 34.5 Å². The number of hydrogen-bond acceptors (Lipinski definition) is 7. The molecule has 1 aliphatic rings. The number of unbranched alkanes of at least 4 members (excludes halogenated alkanes) is 5. The maximum atomic E-state index is 12.7. The Morgan fingerprint density at radius 2 is 1.36 bits per heavy atom. The normalized spacial score (nSPS) is 16.4. The van der Waals surface area contributed by atoms with Crippen LogP contribution in [-0.2, 0) is 9.59 Å². The lowest BCUT2D eigenvalue weighted by molar-refractivity contribution is -0.121. The maximum absolute atomic E-state index is 12.7. The first-order valence-corrected chi connectivity index (χ1v) is 14.8. The van der Waals surface area contributed by atoms with E-state index < -0.39 is 0 Å². The van der Waals surface area contributed by atoms with E-state index in [1.165, 1.54) is 14.2 Å². The Kier molecular flexibility index (Phi) is 14.8. The molecule has 0 bridgehead atoms. The average molecular weight is 591 g/mol. The molecule has 0 radical (unpaired) electrons. The summed E-state index contributed by atoms with van der Waals surface area (Å²) in [4.78, 5) is 36.1. The van der Waals surface area contributed by atoms with Crippen LogP contribution in [0.4, 0.5) is 4.79 Å². The predicted octanol–water partition coefficient (Wildman–Crippen LogP) is 4.25. The molecule has 2 atom stereocenters. The van der Waals surface area contributed by atoms with Crippen molar-refractivity contribution in [1.29, 1.82) is 0 Å². The number of ether oxygens (including phenoxy) is 4. The highest BCUT2D eigenvalue weighted by Gasteiger charge is 2.27. The summed E-state index contributed by atoms with van der Waals surface area (Å²) in [5, 5.41) is 11.7. The van der Waals surface area contributed by atoms with E-state index >= 15 is 0 Å². The summed E-state index contributed by atoms with van der Waals surface area (Å²) in [5.74, 6) is 1.76. The van der Waals surface area contributed by atoms with Gasteiger partial charge in [0.1, 0.15) is 0 Å². The Bertz CT molecular complexity index is 1090. The topological polar surface area (TPSA) is 136 Å². The first kappa shape index (κ1) is 34.6. The van der Waals surface area contributed by atoms with E-state index in [2.05, 4.69) is 21.3 Å². The van der Waals surface area contributed by atoms with E-state index in [4.69, 9.17) is 18.9 Å². The van der Waals surface area contributed by atoms with Crippen molar-refractivity contribution in [3.05, 3.63) is 16.7 Å². The van der Waals surface area contributed by atoms with Crippen LogP contribution in [-0.4, -0.2) is 71.5 Å². The van der Waals surface area contributed by atoms with Crippen LogP contribution in [0.25, 0.3) is 6.08 Å². The van der Waals surface area contributed by atoms with Gasteiger partial charge in [0.2, 0.25) is 23.3 Å². The molecule has 0 spiro atoms. The molecule has 0 saturated carbocycles. The third-order valence-electron chi connectivity index (χ3n) is 7.55. The summed E-state index contributed by atoms with van der Waals surface area (Å²) in [6.07, 6.45) is 9.76. The van der Waals surface area contributed by atoms with Gasteiger partial charge in [-0.3, -0.25) is 9.59 Å². The number of carbonyl (C=O) groups excluding carboxylic acids is 3. The third-order valence-corrected chi connectivity index (χ3v) is 7.55. The standard InChI is InChI=1S/C31H50N4O7/c1-20(19-23-21(2)26(39-4)28(41-6)29(42-7)27(23)40-5)30(37)33-18-14-9-8-13-17-32-25(36)16-12-10-11-15-24-22(3)34-31(38)35-24/h19,22,24H,8-18H2,1-7H3,(H,32,36)(H,33,37)(H2,34,35,38)/b20-19+/t22-,24+/m0/s1. The van der Waals surface area contributed by atoms with Gasteiger partial charge in [-0.05, 0) is 52.5 Å². The lowest BCUT2D eigenvalue weighted by atomic mass is 10.0. The van der Waals surface area contributed by atoms with E-state index in [0.717, 1.165) is 56.9 Å². The van der Waals surface area contributed by atoms with E-state index in [9.17, 15) is 14.4 Å². The highest BCUT2D eigenvalue weighted by Crippen LogP contribution is 2.49. The van der Waals surface area contributed by atoms with Crippen molar-refractivity contribution in [2.24, 2.45) is 0 Å². The third kappa shape index (κ3) is 10.0. The number of benzene rings is 1. The molecule has 236 valence electrons. The Morgan fingerprint density at radius 1 is 0.786 bits per heavy atom. The van der Waals surface area contributed by atoms with Crippen LogP contribution in [0.15, 0.2) is 5.57 Å². The second kappa shape index (κ2) is 18.0. The Balaban J connectivity index is 1.64. The number of urea groups is 1. The van der Waals surface area contributed by atoms with Gasteiger partial charge in [-0.25, -0.2) is 4.79 Å². The smallest absolute Gasteiger partial charge is 0.315 e. The van der Waals surface area contributed by atoms with Crippen LogP contribution < -0.4 is 40.2 Å². The lowest BCUT2D eigenvalue weighted by Gasteiger charge is -2.20. The average Bonchev–Trinajstić information content (AvgIpc) is 3.30. The molecule has 1 saturated heterocycles. The zero-order chi connectivity index (χ0) is 31.1. The zero-order valence-corrected chi connectivity index (χ0v) is 26.4. The minimum atomic E-state index is -0.156. The van der Waals surface area contributed by atoms with Gasteiger partial charge < -0.3 is 40.2 Å². The molecule has 1 heterocycles. The fourth-order valence-corrected chi connectivity index (χ4v) is 5.12. The first-order valence-electron chi connectivity index (χ1n) is 14.8. The van der Waals surface area contributed by atoms with Gasteiger partial charge >= 0.3 is 6.03 Å². The molecule has 4 N–H and O–H groups in total. The second-order valence-electron chi connectivity index (χ2n) is 10.6. The first-order chi connectivity index (χ1) is 20.2. The summed E-state index contributed by atoms with van der Waals surface area (Å²) in [6.45, 7) is 6.88. The van der Waals surface area contributed by atoms with Crippen LogP contribution in [0, 0.1) is 6.92 Å². The molecule has 0 aromatic heterocycles. The molecule has 0 unspecified atom stereocenters. The van der Waals surface area contributed by atoms with E-state index in [1.54, 1.807) is 27.2 Å². The van der Waals surface area contributed by atoms with E-state index in [-0.39, 0.29) is 29.9 Å². The highest BCUT2D eigenvalue weighted by molar-refractivity contribution is 5.98. The van der Waals surface area contributed by atoms with Gasteiger partial charge in [-0.15, -0.1) is 0 Å². The maximum Gasteiger partial charge on any atom is 0.315 e. The fourth-order valence-electron chi connectivity index (χ4n) is 5.12. The number of rotatable bonds is 19. The monoisotopic (exact) mass is 590 g/mol. The molecule has 11 nitrogen and oxygen atoms in total. The molecule has 1 fully saturated rings. The molecule has 1 aromatic carbocycles. The molecule has 0 aliphatic carbocycles. The SMILES string of the molecule is COc1c(C)c(/C=C(\C)C(=O)NCCCCCCNC(=O)CCCCC[C@H]2NC(=O)N[C@H]2C)c(OC)c(OC)c1OC. The van der Waals surface area contributed by atoms with Crippen LogP contribution >= 0.6 is 0 Å². The number of amides is 4. The Labute approximate surface area is 250 Å². The number of hydrogen-bond donors (Lipinski definition) is 4. The minimum absolute atomic E-state index is 0.0905. The molecule has 2 rings (SSSR count). The molecule has 1 aromatic rings. The number of nitrogens with one attached hydrogen (secondary N) is 4. The van der Waals surface area contributed by atoms with Crippen LogP contribution in [0.2, 0.25) is 0 Å². The van der Waals surface area contributed by atoms with Crippen molar-refractivity contribution < 1.29 is 33.3 Å². The quantitative estimate of drug-likeness (QED) is 0.140. The lowest BCUT2D eigenvalue weighted by Crippen LogP contribution is -2.30. The molecule has 1 aliphatic heterocycles. The van der Waals surface area contributed by atoms with Crippen LogP contribution in [0.1, 0.15) is 82.8 Å². The van der Waals surface area contributed by atoms with Crippen LogP contribution in [0.5, 0.6) is 23.0 Å². The summed E-state index contributed by atoms with van der Waals surface area (Å²) in [6, 6.07) is 0.249. The summed E-state index contributed by atoms with van der Waals surface area (Å²) in [7, 11) is 6.16. The second-order valence-corrected chi connectivity index (χ2v) is 10.6. The van der Waals surface area contributed by atoms with Crippen LogP contribution in [0.3, 0.4) is 0 Å². The summed E-state index contributed by atoms with van der Waals surface area (Å²) in [5.41, 5.74) is 1.99. The van der Waals surface area contributed by atoms with Gasteiger partial charge in [-0.2, -0.15) is 0 Å². The zero-order valence-electron chi connectivity index (χ0n) is 26.4. The van der Waals surface area contributed by atoms with Gasteiger partial charge in [0, 0.05) is 42.3 Å². The van der Waals surface area contributed by atoms with E-state index in [1.807, 2.05) is 13.8 Å². The van der Waals surface area contributed by atoms with Crippen molar-refractivity contribution in [2.45, 2.75) is 90.6 Å². The van der Waals surface area contributed by atoms with E-state index in [0.29, 0.717) is 53.6 Å². The van der Waals surface area contributed by atoms with Crippen molar-refractivity contribution >= 4 is 23.9 Å². The number of carbonyl (C=O) groups is 3. The Morgan fingerprint density at radius 3 is 1.93 bits per heavy atom. The highest BCUT2D eigenvalue weighted by atomic mass is 16.5. The largest absolute Gasteiger partial charge is 0.492 e. The molecule has 42 heavy (non-hydrogen) atoms. The summed E-state index contributed by atoms with van der Waals surface area (Å²) >= 11 is 0. The van der Waals surface area contributed by atoms with Gasteiger partial charge in [0.15, 0.2) is 11.5 Å².